The lowest BCUT2D eigenvalue weighted by Gasteiger charge is -2.24. The highest BCUT2D eigenvalue weighted by atomic mass is 32.2. The van der Waals surface area contributed by atoms with Crippen LogP contribution >= 0.6 is 0 Å². The average Bonchev–Trinajstić information content (AvgIpc) is 2.83. The normalized spacial score (nSPS) is 11.1. The fraction of sp³-hybridized carbons (Fsp3) is 0.200. The molecular formula is C25H26N2O5S. The zero-order valence-electron chi connectivity index (χ0n) is 18.3. The first-order valence-corrected chi connectivity index (χ1v) is 12.0. The lowest BCUT2D eigenvalue weighted by atomic mass is 10.1. The number of carboxylic acids is 1. The van der Waals surface area contributed by atoms with Crippen molar-refractivity contribution in [2.75, 3.05) is 17.4 Å². The van der Waals surface area contributed by atoms with E-state index in [1.807, 2.05) is 37.3 Å². The van der Waals surface area contributed by atoms with Crippen LogP contribution in [0.1, 0.15) is 30.1 Å². The third-order valence-corrected chi connectivity index (χ3v) is 6.86. The maximum Gasteiger partial charge on any atom is 0.305 e. The van der Waals surface area contributed by atoms with Crippen LogP contribution in [0.15, 0.2) is 83.8 Å². The predicted molar refractivity (Wildman–Crippen MR) is 128 cm³/mol. The van der Waals surface area contributed by atoms with Gasteiger partial charge in [-0.1, -0.05) is 49.4 Å². The molecule has 172 valence electrons. The second-order valence-corrected chi connectivity index (χ2v) is 9.28. The van der Waals surface area contributed by atoms with E-state index in [1.54, 1.807) is 36.4 Å². The van der Waals surface area contributed by atoms with Crippen LogP contribution < -0.4 is 9.62 Å². The molecule has 0 atom stereocenters. The molecule has 3 aromatic rings. The average molecular weight is 467 g/mol. The van der Waals surface area contributed by atoms with Crippen LogP contribution in [-0.2, 0) is 14.8 Å². The van der Waals surface area contributed by atoms with Crippen molar-refractivity contribution in [3.05, 3.63) is 84.4 Å². The van der Waals surface area contributed by atoms with Crippen molar-refractivity contribution in [3.8, 4) is 11.1 Å². The number of amides is 1. The molecule has 2 N–H and O–H groups in total. The number of benzene rings is 3. The zero-order valence-corrected chi connectivity index (χ0v) is 19.1. The third kappa shape index (κ3) is 5.98. The van der Waals surface area contributed by atoms with Crippen molar-refractivity contribution in [3.63, 3.8) is 0 Å². The number of carbonyl (C=O) groups excluding carboxylic acids is 1. The SMILES string of the molecule is CCCN(c1ccc(C(=O)NCCC(=O)O)cc1)S(=O)(=O)c1ccc(-c2ccccc2)cc1. The molecule has 1 amide bonds. The van der Waals surface area contributed by atoms with Gasteiger partial charge in [-0.05, 0) is 53.9 Å². The molecule has 8 heteroatoms. The molecule has 3 aromatic carbocycles. The van der Waals surface area contributed by atoms with Crippen LogP contribution in [0.4, 0.5) is 5.69 Å². The molecule has 0 bridgehead atoms. The van der Waals surface area contributed by atoms with Gasteiger partial charge in [0.25, 0.3) is 15.9 Å². The molecular weight excluding hydrogens is 440 g/mol. The van der Waals surface area contributed by atoms with Gasteiger partial charge in [0.05, 0.1) is 17.0 Å². The Morgan fingerprint density at radius 1 is 0.879 bits per heavy atom. The summed E-state index contributed by atoms with van der Waals surface area (Å²) in [5.41, 5.74) is 2.70. The maximum absolute atomic E-state index is 13.4. The van der Waals surface area contributed by atoms with E-state index >= 15 is 0 Å². The molecule has 3 rings (SSSR count). The lowest BCUT2D eigenvalue weighted by Crippen LogP contribution is -2.32. The maximum atomic E-state index is 13.4. The number of carboxylic acid groups (broad SMARTS) is 1. The summed E-state index contributed by atoms with van der Waals surface area (Å²) in [6, 6.07) is 22.7. The standard InChI is InChI=1S/C25H26N2O5S/c1-2-18-27(22-12-8-21(9-13-22)25(30)26-17-16-24(28)29)33(31,32)23-14-10-20(11-15-23)19-6-4-3-5-7-19/h3-15H,2,16-18H2,1H3,(H,26,30)(H,28,29). The number of rotatable bonds is 10. The second-order valence-electron chi connectivity index (χ2n) is 7.41. The molecule has 7 nitrogen and oxygen atoms in total. The molecule has 0 fully saturated rings. The number of nitrogens with zero attached hydrogens (tertiary/aromatic N) is 1. The quantitative estimate of drug-likeness (QED) is 0.467. The summed E-state index contributed by atoms with van der Waals surface area (Å²) in [5, 5.41) is 11.2. The van der Waals surface area contributed by atoms with E-state index in [2.05, 4.69) is 5.32 Å². The summed E-state index contributed by atoms with van der Waals surface area (Å²) in [6.07, 6.45) is 0.439. The molecule has 0 aliphatic carbocycles. The second kappa shape index (κ2) is 10.8. The Hall–Kier alpha value is -3.65. The van der Waals surface area contributed by atoms with Gasteiger partial charge >= 0.3 is 5.97 Å². The molecule has 0 spiro atoms. The summed E-state index contributed by atoms with van der Waals surface area (Å²) >= 11 is 0. The fourth-order valence-corrected chi connectivity index (χ4v) is 4.89. The van der Waals surface area contributed by atoms with Gasteiger partial charge < -0.3 is 10.4 Å². The number of carbonyl (C=O) groups is 2. The third-order valence-electron chi connectivity index (χ3n) is 5.02. The molecule has 0 saturated heterocycles. The van der Waals surface area contributed by atoms with E-state index in [4.69, 9.17) is 5.11 Å². The molecule has 0 aliphatic rings. The Morgan fingerprint density at radius 2 is 1.48 bits per heavy atom. The minimum absolute atomic E-state index is 0.0191. The van der Waals surface area contributed by atoms with Gasteiger partial charge in [-0.25, -0.2) is 8.42 Å². The Labute approximate surface area is 193 Å². The number of hydrogen-bond donors (Lipinski definition) is 2. The van der Waals surface area contributed by atoms with Gasteiger partial charge in [0.1, 0.15) is 0 Å². The Balaban J connectivity index is 1.81. The van der Waals surface area contributed by atoms with Crippen molar-refractivity contribution in [2.24, 2.45) is 0 Å². The number of anilines is 1. The van der Waals surface area contributed by atoms with Crippen LogP contribution in [0.25, 0.3) is 11.1 Å². The van der Waals surface area contributed by atoms with Gasteiger partial charge in [0, 0.05) is 18.7 Å². The van der Waals surface area contributed by atoms with Gasteiger partial charge in [-0.2, -0.15) is 0 Å². The zero-order chi connectivity index (χ0) is 23.8. The van der Waals surface area contributed by atoms with Crippen molar-refractivity contribution in [2.45, 2.75) is 24.7 Å². The van der Waals surface area contributed by atoms with Crippen molar-refractivity contribution in [1.82, 2.24) is 5.32 Å². The number of hydrogen-bond acceptors (Lipinski definition) is 4. The summed E-state index contributed by atoms with van der Waals surface area (Å²) in [5.74, 6) is -1.41. The molecule has 0 unspecified atom stereocenters. The van der Waals surface area contributed by atoms with E-state index in [1.165, 1.54) is 16.4 Å². The summed E-state index contributed by atoms with van der Waals surface area (Å²) in [4.78, 5) is 22.9. The smallest absolute Gasteiger partial charge is 0.305 e. The lowest BCUT2D eigenvalue weighted by molar-refractivity contribution is -0.136. The molecule has 33 heavy (non-hydrogen) atoms. The van der Waals surface area contributed by atoms with E-state index in [9.17, 15) is 18.0 Å². The first-order chi connectivity index (χ1) is 15.8. The largest absolute Gasteiger partial charge is 0.481 e. The van der Waals surface area contributed by atoms with E-state index in [-0.39, 0.29) is 24.4 Å². The number of sulfonamides is 1. The Kier molecular flexibility index (Phi) is 7.84. The highest BCUT2D eigenvalue weighted by molar-refractivity contribution is 7.92. The van der Waals surface area contributed by atoms with Crippen LogP contribution in [0.3, 0.4) is 0 Å². The topological polar surface area (TPSA) is 104 Å². The Morgan fingerprint density at radius 3 is 2.06 bits per heavy atom. The number of aliphatic carboxylic acids is 1. The molecule has 0 radical (unpaired) electrons. The molecule has 0 heterocycles. The van der Waals surface area contributed by atoms with E-state index < -0.39 is 21.9 Å². The minimum atomic E-state index is -3.80. The first kappa shape index (κ1) is 24.0. The van der Waals surface area contributed by atoms with Crippen LogP contribution in [0, 0.1) is 0 Å². The van der Waals surface area contributed by atoms with Crippen LogP contribution in [-0.4, -0.2) is 38.5 Å². The van der Waals surface area contributed by atoms with E-state index in [0.29, 0.717) is 17.7 Å². The van der Waals surface area contributed by atoms with Crippen LogP contribution in [0.5, 0.6) is 0 Å². The fourth-order valence-electron chi connectivity index (χ4n) is 3.33. The summed E-state index contributed by atoms with van der Waals surface area (Å²) < 4.78 is 28.1. The highest BCUT2D eigenvalue weighted by Crippen LogP contribution is 2.27. The van der Waals surface area contributed by atoms with Crippen LogP contribution in [0.2, 0.25) is 0 Å². The first-order valence-electron chi connectivity index (χ1n) is 10.6. The highest BCUT2D eigenvalue weighted by Gasteiger charge is 2.24. The summed E-state index contributed by atoms with van der Waals surface area (Å²) in [6.45, 7) is 2.20. The Bertz CT molecular complexity index is 1190. The van der Waals surface area contributed by atoms with Crippen molar-refractivity contribution in [1.29, 1.82) is 0 Å². The molecule has 0 aliphatic heterocycles. The van der Waals surface area contributed by atoms with Gasteiger partial charge in [-0.15, -0.1) is 0 Å². The van der Waals surface area contributed by atoms with Gasteiger partial charge in [0.15, 0.2) is 0 Å². The minimum Gasteiger partial charge on any atom is -0.481 e. The molecule has 0 aromatic heterocycles. The predicted octanol–water partition coefficient (Wildman–Crippen LogP) is 4.16. The summed E-state index contributed by atoms with van der Waals surface area (Å²) in [7, 11) is -3.80. The van der Waals surface area contributed by atoms with Crippen molar-refractivity contribution < 1.29 is 23.1 Å². The van der Waals surface area contributed by atoms with Crippen molar-refractivity contribution >= 4 is 27.6 Å². The monoisotopic (exact) mass is 466 g/mol. The number of nitrogens with one attached hydrogen (secondary N) is 1. The van der Waals surface area contributed by atoms with Gasteiger partial charge in [0.2, 0.25) is 0 Å². The van der Waals surface area contributed by atoms with E-state index in [0.717, 1.165) is 11.1 Å². The van der Waals surface area contributed by atoms with Gasteiger partial charge in [-0.3, -0.25) is 13.9 Å². The molecule has 0 saturated carbocycles.